The molecule has 0 unspecified atom stereocenters. The Bertz CT molecular complexity index is 745. The molecule has 0 aliphatic heterocycles. The molecule has 0 N–H and O–H groups in total. The molecule has 0 saturated carbocycles. The minimum absolute atomic E-state index is 0.205. The summed E-state index contributed by atoms with van der Waals surface area (Å²) in [6.07, 6.45) is 11.6. The van der Waals surface area contributed by atoms with Gasteiger partial charge < -0.3 is 4.74 Å². The van der Waals surface area contributed by atoms with Crippen molar-refractivity contribution in [1.29, 1.82) is 0 Å². The topological polar surface area (TPSA) is 9.23 Å². The van der Waals surface area contributed by atoms with Crippen molar-refractivity contribution in [2.75, 3.05) is 13.2 Å². The molecule has 0 aliphatic carbocycles. The van der Waals surface area contributed by atoms with Crippen LogP contribution in [0.3, 0.4) is 0 Å². The highest BCUT2D eigenvalue weighted by Crippen LogP contribution is 2.42. The maximum atomic E-state index is 6.20. The SMILES string of the molecule is CCCCCCCCCCOCCC(c1ccccc1)(c1ccccc1)c1ccccc1. The van der Waals surface area contributed by atoms with E-state index in [1.165, 1.54) is 68.1 Å². The van der Waals surface area contributed by atoms with Crippen molar-refractivity contribution in [3.05, 3.63) is 108 Å². The van der Waals surface area contributed by atoms with Gasteiger partial charge in [-0.25, -0.2) is 0 Å². The number of ether oxygens (including phenoxy) is 1. The van der Waals surface area contributed by atoms with Gasteiger partial charge in [-0.2, -0.15) is 0 Å². The highest BCUT2D eigenvalue weighted by Gasteiger charge is 2.35. The van der Waals surface area contributed by atoms with Gasteiger partial charge in [0.05, 0.1) is 0 Å². The summed E-state index contributed by atoms with van der Waals surface area (Å²) in [5.74, 6) is 0. The van der Waals surface area contributed by atoms with Crippen LogP contribution < -0.4 is 0 Å². The Morgan fingerprint density at radius 1 is 0.500 bits per heavy atom. The summed E-state index contributed by atoms with van der Waals surface area (Å²) in [7, 11) is 0. The van der Waals surface area contributed by atoms with Gasteiger partial charge in [-0.05, 0) is 29.5 Å². The summed E-state index contributed by atoms with van der Waals surface area (Å²) in [6.45, 7) is 3.90. The van der Waals surface area contributed by atoms with Crippen molar-refractivity contribution in [2.45, 2.75) is 70.1 Å². The Kier molecular flexibility index (Phi) is 10.5. The molecule has 0 atom stereocenters. The van der Waals surface area contributed by atoms with Crippen molar-refractivity contribution in [2.24, 2.45) is 0 Å². The fourth-order valence-electron chi connectivity index (χ4n) is 4.77. The van der Waals surface area contributed by atoms with Crippen LogP contribution in [0.4, 0.5) is 0 Å². The number of hydrogen-bond donors (Lipinski definition) is 0. The van der Waals surface area contributed by atoms with Gasteiger partial charge in [0.1, 0.15) is 0 Å². The smallest absolute Gasteiger partial charge is 0.0481 e. The standard InChI is InChI=1S/C31H40O/c1-2-3-4-5-6-7-8-18-26-32-27-25-31(28-19-12-9-13-20-28,29-21-14-10-15-22-29)30-23-16-11-17-24-30/h9-17,19-24H,2-8,18,25-27H2,1H3. The molecule has 170 valence electrons. The molecule has 0 fully saturated rings. The van der Waals surface area contributed by atoms with Gasteiger partial charge in [-0.15, -0.1) is 0 Å². The Morgan fingerprint density at radius 2 is 0.906 bits per heavy atom. The molecule has 3 rings (SSSR count). The van der Waals surface area contributed by atoms with E-state index in [9.17, 15) is 0 Å². The molecule has 3 aromatic carbocycles. The average molecular weight is 429 g/mol. The predicted molar refractivity (Wildman–Crippen MR) is 137 cm³/mol. The molecule has 0 spiro atoms. The second-order valence-electron chi connectivity index (χ2n) is 8.84. The lowest BCUT2D eigenvalue weighted by molar-refractivity contribution is 0.119. The molecular formula is C31H40O. The zero-order chi connectivity index (χ0) is 22.3. The van der Waals surface area contributed by atoms with E-state index in [0.717, 1.165) is 19.6 Å². The minimum Gasteiger partial charge on any atom is -0.381 e. The molecule has 32 heavy (non-hydrogen) atoms. The summed E-state index contributed by atoms with van der Waals surface area (Å²) in [4.78, 5) is 0. The Hall–Kier alpha value is -2.38. The summed E-state index contributed by atoms with van der Waals surface area (Å²) in [5, 5.41) is 0. The van der Waals surface area contributed by atoms with Crippen LogP contribution in [0, 0.1) is 0 Å². The van der Waals surface area contributed by atoms with Crippen LogP contribution in [-0.2, 0) is 10.2 Å². The summed E-state index contributed by atoms with van der Waals surface area (Å²) in [5.41, 5.74) is 3.78. The first-order chi connectivity index (χ1) is 15.9. The van der Waals surface area contributed by atoms with Crippen molar-refractivity contribution < 1.29 is 4.74 Å². The molecule has 0 aliphatic rings. The highest BCUT2D eigenvalue weighted by molar-refractivity contribution is 5.50. The first-order valence-electron chi connectivity index (χ1n) is 12.6. The third-order valence-electron chi connectivity index (χ3n) is 6.56. The van der Waals surface area contributed by atoms with Crippen LogP contribution in [0.1, 0.15) is 81.4 Å². The van der Waals surface area contributed by atoms with Gasteiger partial charge in [-0.3, -0.25) is 0 Å². The lowest BCUT2D eigenvalue weighted by atomic mass is 9.67. The van der Waals surface area contributed by atoms with E-state index < -0.39 is 0 Å². The average Bonchev–Trinajstić information content (AvgIpc) is 2.87. The van der Waals surface area contributed by atoms with Gasteiger partial charge in [0.2, 0.25) is 0 Å². The summed E-state index contributed by atoms with van der Waals surface area (Å²) in [6, 6.07) is 32.8. The van der Waals surface area contributed by atoms with Gasteiger partial charge in [-0.1, -0.05) is 143 Å². The first-order valence-corrected chi connectivity index (χ1v) is 12.6. The number of benzene rings is 3. The summed E-state index contributed by atoms with van der Waals surface area (Å²) >= 11 is 0. The van der Waals surface area contributed by atoms with Gasteiger partial charge >= 0.3 is 0 Å². The normalized spacial score (nSPS) is 11.5. The molecule has 0 radical (unpaired) electrons. The third-order valence-corrected chi connectivity index (χ3v) is 6.56. The monoisotopic (exact) mass is 428 g/mol. The van der Waals surface area contributed by atoms with Crippen molar-refractivity contribution in [1.82, 2.24) is 0 Å². The first kappa shape index (κ1) is 24.3. The van der Waals surface area contributed by atoms with Crippen molar-refractivity contribution >= 4 is 0 Å². The van der Waals surface area contributed by atoms with E-state index in [-0.39, 0.29) is 5.41 Å². The van der Waals surface area contributed by atoms with E-state index in [4.69, 9.17) is 4.74 Å². The van der Waals surface area contributed by atoms with E-state index in [1.807, 2.05) is 0 Å². The lowest BCUT2D eigenvalue weighted by Gasteiger charge is -2.36. The molecule has 3 aromatic rings. The molecule has 0 bridgehead atoms. The van der Waals surface area contributed by atoms with Crippen LogP contribution in [0.5, 0.6) is 0 Å². The quantitative estimate of drug-likeness (QED) is 0.174. The molecule has 0 saturated heterocycles. The zero-order valence-corrected chi connectivity index (χ0v) is 19.8. The fraction of sp³-hybridized carbons (Fsp3) is 0.419. The van der Waals surface area contributed by atoms with Gasteiger partial charge in [0.15, 0.2) is 0 Å². The van der Waals surface area contributed by atoms with Crippen LogP contribution in [-0.4, -0.2) is 13.2 Å². The number of unbranched alkanes of at least 4 members (excludes halogenated alkanes) is 7. The maximum Gasteiger partial charge on any atom is 0.0481 e. The highest BCUT2D eigenvalue weighted by atomic mass is 16.5. The van der Waals surface area contributed by atoms with E-state index in [1.54, 1.807) is 0 Å². The molecule has 0 amide bonds. The molecule has 0 aromatic heterocycles. The Balaban J connectivity index is 1.64. The van der Waals surface area contributed by atoms with E-state index >= 15 is 0 Å². The zero-order valence-electron chi connectivity index (χ0n) is 19.8. The van der Waals surface area contributed by atoms with Crippen LogP contribution in [0.15, 0.2) is 91.0 Å². The van der Waals surface area contributed by atoms with Gasteiger partial charge in [0, 0.05) is 18.6 Å². The van der Waals surface area contributed by atoms with Crippen molar-refractivity contribution in [3.8, 4) is 0 Å². The second kappa shape index (κ2) is 13.9. The molecule has 1 heteroatoms. The van der Waals surface area contributed by atoms with E-state index in [2.05, 4.69) is 97.9 Å². The molecular weight excluding hydrogens is 388 g/mol. The van der Waals surface area contributed by atoms with Crippen LogP contribution in [0.2, 0.25) is 0 Å². The van der Waals surface area contributed by atoms with E-state index in [0.29, 0.717) is 0 Å². The predicted octanol–water partition coefficient (Wildman–Crippen LogP) is 8.57. The second-order valence-corrected chi connectivity index (χ2v) is 8.84. The Labute approximate surface area is 195 Å². The van der Waals surface area contributed by atoms with Crippen LogP contribution >= 0.6 is 0 Å². The fourth-order valence-corrected chi connectivity index (χ4v) is 4.77. The number of rotatable bonds is 15. The van der Waals surface area contributed by atoms with Gasteiger partial charge in [0.25, 0.3) is 0 Å². The van der Waals surface area contributed by atoms with Crippen LogP contribution in [0.25, 0.3) is 0 Å². The lowest BCUT2D eigenvalue weighted by Crippen LogP contribution is -2.31. The Morgan fingerprint density at radius 3 is 1.34 bits per heavy atom. The maximum absolute atomic E-state index is 6.20. The summed E-state index contributed by atoms with van der Waals surface area (Å²) < 4.78 is 6.20. The third kappa shape index (κ3) is 6.81. The van der Waals surface area contributed by atoms with Crippen molar-refractivity contribution in [3.63, 3.8) is 0 Å². The minimum atomic E-state index is -0.205. The molecule has 0 heterocycles. The number of hydrogen-bond acceptors (Lipinski definition) is 1. The molecule has 1 nitrogen and oxygen atoms in total. The largest absolute Gasteiger partial charge is 0.381 e.